The van der Waals surface area contributed by atoms with Gasteiger partial charge in [-0.05, 0) is 18.6 Å². The van der Waals surface area contributed by atoms with E-state index in [4.69, 9.17) is 22.1 Å². The first-order chi connectivity index (χ1) is 8.16. The van der Waals surface area contributed by atoms with Crippen LogP contribution in [-0.4, -0.2) is 4.98 Å². The van der Waals surface area contributed by atoms with Crippen LogP contribution in [0.15, 0.2) is 42.6 Å². The molecule has 0 amide bonds. The van der Waals surface area contributed by atoms with Crippen molar-refractivity contribution in [3.05, 3.63) is 53.2 Å². The minimum absolute atomic E-state index is 0.107. The number of nitrogen functional groups attached to an aromatic ring is 1. The molecule has 0 unspecified atom stereocenters. The molecule has 2 N–H and O–H groups in total. The molecule has 1 aromatic heterocycles. The Hall–Kier alpha value is -1.74. The van der Waals surface area contributed by atoms with Gasteiger partial charge in [0.1, 0.15) is 11.1 Å². The van der Waals surface area contributed by atoms with Crippen molar-refractivity contribution in [2.24, 2.45) is 0 Å². The zero-order valence-electron chi connectivity index (χ0n) is 9.43. The first kappa shape index (κ1) is 11.7. The van der Waals surface area contributed by atoms with Gasteiger partial charge in [-0.3, -0.25) is 0 Å². The second-order valence-electron chi connectivity index (χ2n) is 3.73. The maximum Gasteiger partial charge on any atom is 0.233 e. The zero-order chi connectivity index (χ0) is 12.3. The van der Waals surface area contributed by atoms with Gasteiger partial charge < -0.3 is 10.5 Å². The van der Waals surface area contributed by atoms with Crippen LogP contribution in [0.4, 0.5) is 5.69 Å². The summed E-state index contributed by atoms with van der Waals surface area (Å²) in [6.07, 6.45) is 1.42. The molecule has 0 spiro atoms. The molecule has 0 aliphatic heterocycles. The fourth-order valence-corrected chi connectivity index (χ4v) is 1.71. The van der Waals surface area contributed by atoms with Gasteiger partial charge in [-0.2, -0.15) is 0 Å². The Bertz CT molecular complexity index is 502. The number of halogens is 1. The van der Waals surface area contributed by atoms with Gasteiger partial charge >= 0.3 is 0 Å². The Morgan fingerprint density at radius 2 is 2.00 bits per heavy atom. The standard InChI is InChI=1S/C13H13ClN2O/c1-9(10-5-3-2-4-6-10)17-13-12(14)7-11(15)8-16-13/h2-9H,15H2,1H3/t9-/m0/s1. The number of nitrogens with two attached hydrogens (primary N) is 1. The fourth-order valence-electron chi connectivity index (χ4n) is 1.49. The van der Waals surface area contributed by atoms with Crippen LogP contribution in [0, 0.1) is 0 Å². The Morgan fingerprint density at radius 3 is 2.65 bits per heavy atom. The van der Waals surface area contributed by atoms with Crippen molar-refractivity contribution in [1.82, 2.24) is 4.98 Å². The SMILES string of the molecule is C[C@H](Oc1ncc(N)cc1Cl)c1ccccc1. The average molecular weight is 249 g/mol. The van der Waals surface area contributed by atoms with Crippen molar-refractivity contribution in [3.8, 4) is 5.88 Å². The summed E-state index contributed by atoms with van der Waals surface area (Å²) < 4.78 is 5.69. The monoisotopic (exact) mass is 248 g/mol. The summed E-state index contributed by atoms with van der Waals surface area (Å²) in [5.74, 6) is 0.400. The Labute approximate surface area is 105 Å². The van der Waals surface area contributed by atoms with Crippen LogP contribution >= 0.6 is 11.6 Å². The van der Waals surface area contributed by atoms with E-state index in [1.165, 1.54) is 6.20 Å². The van der Waals surface area contributed by atoms with Gasteiger partial charge in [-0.15, -0.1) is 0 Å². The Morgan fingerprint density at radius 1 is 1.29 bits per heavy atom. The van der Waals surface area contributed by atoms with Gasteiger partial charge in [0.2, 0.25) is 5.88 Å². The van der Waals surface area contributed by atoms with Crippen LogP contribution in [-0.2, 0) is 0 Å². The van der Waals surface area contributed by atoms with E-state index in [0.29, 0.717) is 16.6 Å². The van der Waals surface area contributed by atoms with Gasteiger partial charge in [0.15, 0.2) is 0 Å². The Balaban J connectivity index is 2.16. The molecular formula is C13H13ClN2O. The molecule has 3 nitrogen and oxygen atoms in total. The topological polar surface area (TPSA) is 48.1 Å². The fraction of sp³-hybridized carbons (Fsp3) is 0.154. The third-order valence-corrected chi connectivity index (χ3v) is 2.66. The molecule has 2 rings (SSSR count). The van der Waals surface area contributed by atoms with Crippen molar-refractivity contribution >= 4 is 17.3 Å². The molecule has 0 bridgehead atoms. The van der Waals surface area contributed by atoms with Gasteiger partial charge in [-0.25, -0.2) is 4.98 Å². The number of aromatic nitrogens is 1. The summed E-state index contributed by atoms with van der Waals surface area (Å²) in [6.45, 7) is 1.95. The number of hydrogen-bond donors (Lipinski definition) is 1. The van der Waals surface area contributed by atoms with E-state index in [2.05, 4.69) is 4.98 Å². The summed E-state index contributed by atoms with van der Waals surface area (Å²) in [6, 6.07) is 11.5. The summed E-state index contributed by atoms with van der Waals surface area (Å²) >= 11 is 5.99. The maximum absolute atomic E-state index is 5.99. The summed E-state index contributed by atoms with van der Waals surface area (Å²) in [5.41, 5.74) is 7.16. The normalized spacial score (nSPS) is 12.1. The van der Waals surface area contributed by atoms with Crippen molar-refractivity contribution in [2.45, 2.75) is 13.0 Å². The molecule has 0 saturated heterocycles. The van der Waals surface area contributed by atoms with Crippen LogP contribution in [0.1, 0.15) is 18.6 Å². The van der Waals surface area contributed by atoms with E-state index in [1.807, 2.05) is 37.3 Å². The number of nitrogens with zero attached hydrogens (tertiary/aromatic N) is 1. The quantitative estimate of drug-likeness (QED) is 0.905. The molecule has 1 atom stereocenters. The van der Waals surface area contributed by atoms with E-state index in [9.17, 15) is 0 Å². The molecule has 1 aromatic carbocycles. The smallest absolute Gasteiger partial charge is 0.233 e. The summed E-state index contributed by atoms with van der Waals surface area (Å²) in [7, 11) is 0. The first-order valence-corrected chi connectivity index (χ1v) is 5.67. The number of anilines is 1. The van der Waals surface area contributed by atoms with E-state index < -0.39 is 0 Å². The molecule has 2 aromatic rings. The highest BCUT2D eigenvalue weighted by Crippen LogP contribution is 2.27. The average Bonchev–Trinajstić information content (AvgIpc) is 2.34. The van der Waals surface area contributed by atoms with E-state index >= 15 is 0 Å². The van der Waals surface area contributed by atoms with E-state index in [-0.39, 0.29) is 6.10 Å². The lowest BCUT2D eigenvalue weighted by Crippen LogP contribution is -2.04. The minimum Gasteiger partial charge on any atom is -0.469 e. The molecule has 0 aliphatic rings. The third-order valence-electron chi connectivity index (χ3n) is 2.39. The van der Waals surface area contributed by atoms with Crippen molar-refractivity contribution < 1.29 is 4.74 Å². The predicted octanol–water partition coefficient (Wildman–Crippen LogP) is 3.46. The second-order valence-corrected chi connectivity index (χ2v) is 4.13. The molecule has 4 heteroatoms. The largest absolute Gasteiger partial charge is 0.469 e. The highest BCUT2D eigenvalue weighted by Gasteiger charge is 2.10. The number of rotatable bonds is 3. The van der Waals surface area contributed by atoms with Gasteiger partial charge in [0.25, 0.3) is 0 Å². The van der Waals surface area contributed by atoms with Crippen molar-refractivity contribution in [3.63, 3.8) is 0 Å². The van der Waals surface area contributed by atoms with Gasteiger partial charge in [0.05, 0.1) is 11.9 Å². The van der Waals surface area contributed by atoms with Crippen LogP contribution in [0.5, 0.6) is 5.88 Å². The highest BCUT2D eigenvalue weighted by atomic mass is 35.5. The molecule has 88 valence electrons. The number of benzene rings is 1. The molecule has 17 heavy (non-hydrogen) atoms. The van der Waals surface area contributed by atoms with Crippen LogP contribution < -0.4 is 10.5 Å². The lowest BCUT2D eigenvalue weighted by atomic mass is 10.1. The third kappa shape index (κ3) is 2.88. The number of hydrogen-bond acceptors (Lipinski definition) is 3. The van der Waals surface area contributed by atoms with Crippen molar-refractivity contribution in [2.75, 3.05) is 5.73 Å². The molecular weight excluding hydrogens is 236 g/mol. The van der Waals surface area contributed by atoms with Crippen molar-refractivity contribution in [1.29, 1.82) is 0 Å². The van der Waals surface area contributed by atoms with Gasteiger partial charge in [-0.1, -0.05) is 41.9 Å². The lowest BCUT2D eigenvalue weighted by Gasteiger charge is -2.15. The summed E-state index contributed by atoms with van der Waals surface area (Å²) in [4.78, 5) is 4.06. The van der Waals surface area contributed by atoms with Crippen LogP contribution in [0.3, 0.4) is 0 Å². The van der Waals surface area contributed by atoms with E-state index in [1.54, 1.807) is 6.07 Å². The zero-order valence-corrected chi connectivity index (χ0v) is 10.2. The number of pyridine rings is 1. The minimum atomic E-state index is -0.107. The van der Waals surface area contributed by atoms with Gasteiger partial charge in [0, 0.05) is 0 Å². The van der Waals surface area contributed by atoms with Crippen LogP contribution in [0.2, 0.25) is 5.02 Å². The lowest BCUT2D eigenvalue weighted by molar-refractivity contribution is 0.217. The molecule has 0 saturated carbocycles. The van der Waals surface area contributed by atoms with E-state index in [0.717, 1.165) is 5.56 Å². The van der Waals surface area contributed by atoms with Crippen LogP contribution in [0.25, 0.3) is 0 Å². The molecule has 0 aliphatic carbocycles. The molecule has 1 heterocycles. The second kappa shape index (κ2) is 5.06. The molecule has 0 radical (unpaired) electrons. The highest BCUT2D eigenvalue weighted by molar-refractivity contribution is 6.32. The molecule has 0 fully saturated rings. The Kier molecular flexibility index (Phi) is 3.49. The maximum atomic E-state index is 5.99. The first-order valence-electron chi connectivity index (χ1n) is 5.29. The number of ether oxygens (including phenoxy) is 1. The summed E-state index contributed by atoms with van der Waals surface area (Å²) in [5, 5.41) is 0.424. The predicted molar refractivity (Wildman–Crippen MR) is 69.1 cm³/mol.